The molecule has 1 amide bonds. The van der Waals surface area contributed by atoms with Crippen LogP contribution in [-0.4, -0.2) is 41.8 Å². The summed E-state index contributed by atoms with van der Waals surface area (Å²) >= 11 is 0. The van der Waals surface area contributed by atoms with Gasteiger partial charge < -0.3 is 5.73 Å². The minimum Gasteiger partial charge on any atom is -0.329 e. The van der Waals surface area contributed by atoms with E-state index in [9.17, 15) is 4.79 Å². The molecule has 0 unspecified atom stereocenters. The van der Waals surface area contributed by atoms with Gasteiger partial charge in [0.15, 0.2) is 0 Å². The molecule has 3 N–H and O–H groups in total. The highest BCUT2D eigenvalue weighted by Gasteiger charge is 2.20. The van der Waals surface area contributed by atoms with Gasteiger partial charge in [-0.3, -0.25) is 24.2 Å². The van der Waals surface area contributed by atoms with Gasteiger partial charge in [0.05, 0.1) is 5.69 Å². The zero-order valence-corrected chi connectivity index (χ0v) is 14.9. The lowest BCUT2D eigenvalue weighted by molar-refractivity contribution is 0.101. The van der Waals surface area contributed by atoms with E-state index in [0.717, 1.165) is 11.3 Å². The maximum Gasteiger partial charge on any atom is 0.294 e. The smallest absolute Gasteiger partial charge is 0.294 e. The van der Waals surface area contributed by atoms with Gasteiger partial charge in [0, 0.05) is 42.9 Å². The molecular weight excluding hydrogens is 356 g/mol. The minimum absolute atomic E-state index is 0.236. The first kappa shape index (κ1) is 17.6. The summed E-state index contributed by atoms with van der Waals surface area (Å²) in [5, 5.41) is 10.5. The molecule has 1 aromatic carbocycles. The van der Waals surface area contributed by atoms with Crippen LogP contribution in [0.5, 0.6) is 0 Å². The molecule has 0 aliphatic carbocycles. The van der Waals surface area contributed by atoms with Crippen molar-refractivity contribution in [3.8, 4) is 16.9 Å². The number of nitrogens with two attached hydrogens (primary N) is 1. The highest BCUT2D eigenvalue weighted by atomic mass is 16.2. The maximum absolute atomic E-state index is 13.0. The fraction of sp³-hybridized carbons (Fsp3) is 0.105. The Morgan fingerprint density at radius 1 is 1.11 bits per heavy atom. The summed E-state index contributed by atoms with van der Waals surface area (Å²) in [6, 6.07) is 13.2. The standard InChI is InChI=1S/C19H18N8O/c20-8-11-26-13-22-25-19(26)24-18(28)17-23-16(14-6-9-21-10-7-14)12-27(17)15-4-2-1-3-5-15/h1-7,9-10,12-13H,8,11,20H2,(H,24,25,28). The van der Waals surface area contributed by atoms with E-state index in [1.807, 2.05) is 48.7 Å². The van der Waals surface area contributed by atoms with E-state index in [-0.39, 0.29) is 5.82 Å². The number of anilines is 1. The van der Waals surface area contributed by atoms with Gasteiger partial charge in [0.1, 0.15) is 6.33 Å². The third kappa shape index (κ3) is 3.51. The highest BCUT2D eigenvalue weighted by Crippen LogP contribution is 2.21. The first-order valence-electron chi connectivity index (χ1n) is 8.70. The Morgan fingerprint density at radius 3 is 2.64 bits per heavy atom. The lowest BCUT2D eigenvalue weighted by Gasteiger charge is -2.08. The van der Waals surface area contributed by atoms with Crippen LogP contribution in [0.2, 0.25) is 0 Å². The number of para-hydroxylation sites is 1. The van der Waals surface area contributed by atoms with Crippen molar-refractivity contribution in [2.45, 2.75) is 6.54 Å². The molecule has 3 heterocycles. The van der Waals surface area contributed by atoms with Crippen molar-refractivity contribution in [2.24, 2.45) is 5.73 Å². The summed E-state index contributed by atoms with van der Waals surface area (Å²) in [5.74, 6) is 0.166. The number of carbonyl (C=O) groups is 1. The van der Waals surface area contributed by atoms with Crippen LogP contribution in [-0.2, 0) is 6.54 Å². The number of amides is 1. The third-order valence-electron chi connectivity index (χ3n) is 4.13. The van der Waals surface area contributed by atoms with Crippen LogP contribution in [0.4, 0.5) is 5.95 Å². The van der Waals surface area contributed by atoms with Crippen molar-refractivity contribution in [3.05, 3.63) is 73.2 Å². The van der Waals surface area contributed by atoms with Gasteiger partial charge in [0.25, 0.3) is 5.91 Å². The topological polar surface area (TPSA) is 117 Å². The van der Waals surface area contributed by atoms with Gasteiger partial charge in [-0.25, -0.2) is 4.98 Å². The number of nitrogens with one attached hydrogen (secondary N) is 1. The third-order valence-corrected chi connectivity index (χ3v) is 4.13. The number of rotatable bonds is 6. The zero-order valence-electron chi connectivity index (χ0n) is 14.9. The Hall–Kier alpha value is -3.85. The molecule has 4 aromatic rings. The van der Waals surface area contributed by atoms with Gasteiger partial charge >= 0.3 is 0 Å². The summed E-state index contributed by atoms with van der Waals surface area (Å²) < 4.78 is 3.42. The molecule has 9 heteroatoms. The predicted octanol–water partition coefficient (Wildman–Crippen LogP) is 1.74. The number of hydrogen-bond acceptors (Lipinski definition) is 6. The van der Waals surface area contributed by atoms with E-state index in [1.165, 1.54) is 6.33 Å². The van der Waals surface area contributed by atoms with E-state index in [0.29, 0.717) is 24.7 Å². The van der Waals surface area contributed by atoms with Crippen LogP contribution >= 0.6 is 0 Å². The van der Waals surface area contributed by atoms with Crippen LogP contribution in [0.15, 0.2) is 67.4 Å². The maximum atomic E-state index is 13.0. The fourth-order valence-electron chi connectivity index (χ4n) is 2.80. The second-order valence-electron chi connectivity index (χ2n) is 5.98. The van der Waals surface area contributed by atoms with E-state index < -0.39 is 5.91 Å². The molecular formula is C19H18N8O. The number of hydrogen-bond donors (Lipinski definition) is 2. The van der Waals surface area contributed by atoms with Crippen LogP contribution in [0.3, 0.4) is 0 Å². The molecule has 0 bridgehead atoms. The molecule has 140 valence electrons. The van der Waals surface area contributed by atoms with Crippen molar-refractivity contribution in [3.63, 3.8) is 0 Å². The van der Waals surface area contributed by atoms with Crippen LogP contribution < -0.4 is 11.1 Å². The normalized spacial score (nSPS) is 10.8. The SMILES string of the molecule is NCCn1cnnc1NC(=O)c1nc(-c2ccncc2)cn1-c1ccccc1. The van der Waals surface area contributed by atoms with E-state index in [4.69, 9.17) is 5.73 Å². The quantitative estimate of drug-likeness (QED) is 0.531. The number of benzene rings is 1. The largest absolute Gasteiger partial charge is 0.329 e. The second kappa shape index (κ2) is 7.80. The van der Waals surface area contributed by atoms with Gasteiger partial charge in [-0.1, -0.05) is 18.2 Å². The van der Waals surface area contributed by atoms with Crippen molar-refractivity contribution in [1.29, 1.82) is 0 Å². The second-order valence-corrected chi connectivity index (χ2v) is 5.98. The van der Waals surface area contributed by atoms with Crippen molar-refractivity contribution in [1.82, 2.24) is 29.3 Å². The average Bonchev–Trinajstić information content (AvgIpc) is 3.37. The number of pyridine rings is 1. The Labute approximate surface area is 160 Å². The fourth-order valence-corrected chi connectivity index (χ4v) is 2.80. The van der Waals surface area contributed by atoms with Crippen molar-refractivity contribution >= 4 is 11.9 Å². The molecule has 9 nitrogen and oxygen atoms in total. The molecule has 0 aliphatic heterocycles. The molecule has 0 radical (unpaired) electrons. The Balaban J connectivity index is 1.73. The monoisotopic (exact) mass is 374 g/mol. The van der Waals surface area contributed by atoms with Gasteiger partial charge in [-0.05, 0) is 24.3 Å². The molecule has 0 saturated heterocycles. The van der Waals surface area contributed by atoms with E-state index in [1.54, 1.807) is 21.5 Å². The molecule has 0 aliphatic rings. The minimum atomic E-state index is -0.393. The Bertz CT molecular complexity index is 1070. The molecule has 4 rings (SSSR count). The predicted molar refractivity (Wildman–Crippen MR) is 104 cm³/mol. The number of imidazole rings is 1. The number of carbonyl (C=O) groups excluding carboxylic acids is 1. The summed E-state index contributed by atoms with van der Waals surface area (Å²) in [6.45, 7) is 0.906. The zero-order chi connectivity index (χ0) is 19.3. The van der Waals surface area contributed by atoms with Gasteiger partial charge in [0.2, 0.25) is 11.8 Å². The Kier molecular flexibility index (Phi) is 4.89. The first-order chi connectivity index (χ1) is 13.8. The number of aromatic nitrogens is 6. The van der Waals surface area contributed by atoms with Crippen LogP contribution in [0.25, 0.3) is 16.9 Å². The van der Waals surface area contributed by atoms with Crippen molar-refractivity contribution < 1.29 is 4.79 Å². The van der Waals surface area contributed by atoms with E-state index in [2.05, 4.69) is 25.5 Å². The average molecular weight is 374 g/mol. The molecule has 0 fully saturated rings. The lowest BCUT2D eigenvalue weighted by atomic mass is 10.2. The van der Waals surface area contributed by atoms with Crippen LogP contribution in [0.1, 0.15) is 10.6 Å². The highest BCUT2D eigenvalue weighted by molar-refractivity contribution is 6.01. The molecule has 28 heavy (non-hydrogen) atoms. The number of nitrogens with zero attached hydrogens (tertiary/aromatic N) is 6. The Morgan fingerprint density at radius 2 is 1.89 bits per heavy atom. The molecule has 0 spiro atoms. The molecule has 0 atom stereocenters. The lowest BCUT2D eigenvalue weighted by Crippen LogP contribution is -2.21. The molecule has 3 aromatic heterocycles. The first-order valence-corrected chi connectivity index (χ1v) is 8.70. The summed E-state index contributed by atoms with van der Waals surface area (Å²) in [5.41, 5.74) is 7.94. The van der Waals surface area contributed by atoms with Gasteiger partial charge in [-0.2, -0.15) is 0 Å². The van der Waals surface area contributed by atoms with Gasteiger partial charge in [-0.15, -0.1) is 10.2 Å². The van der Waals surface area contributed by atoms with Crippen molar-refractivity contribution in [2.75, 3.05) is 11.9 Å². The van der Waals surface area contributed by atoms with E-state index >= 15 is 0 Å². The summed E-state index contributed by atoms with van der Waals surface area (Å²) in [7, 11) is 0. The molecule has 0 saturated carbocycles. The summed E-state index contributed by atoms with van der Waals surface area (Å²) in [6.07, 6.45) is 6.72. The summed E-state index contributed by atoms with van der Waals surface area (Å²) in [4.78, 5) is 21.6. The van der Waals surface area contributed by atoms with Crippen LogP contribution in [0, 0.1) is 0 Å².